The second-order valence-corrected chi connectivity index (χ2v) is 6.04. The van der Waals surface area contributed by atoms with Crippen molar-refractivity contribution in [3.63, 3.8) is 0 Å². The Bertz CT molecular complexity index is 442. The number of hydrogen-bond donors (Lipinski definition) is 2. The lowest BCUT2D eigenvalue weighted by atomic mass is 9.76. The third-order valence-corrected chi connectivity index (χ3v) is 4.76. The molecule has 0 unspecified atom stereocenters. The predicted molar refractivity (Wildman–Crippen MR) is 77.6 cm³/mol. The summed E-state index contributed by atoms with van der Waals surface area (Å²) in [6.07, 6.45) is 3.97. The van der Waals surface area contributed by atoms with Crippen LogP contribution in [0.15, 0.2) is 18.2 Å². The molecule has 1 aliphatic heterocycles. The molecule has 19 heavy (non-hydrogen) atoms. The van der Waals surface area contributed by atoms with Crippen LogP contribution in [-0.2, 0) is 0 Å². The van der Waals surface area contributed by atoms with Crippen LogP contribution in [-0.4, -0.2) is 36.2 Å². The van der Waals surface area contributed by atoms with Gasteiger partial charge in [0.1, 0.15) is 5.75 Å². The average Bonchev–Trinajstić information content (AvgIpc) is 2.38. The first-order valence-corrected chi connectivity index (χ1v) is 7.56. The topological polar surface area (TPSA) is 35.5 Å². The van der Waals surface area contributed by atoms with Crippen molar-refractivity contribution >= 4 is 11.6 Å². The largest absolute Gasteiger partial charge is 0.506 e. The maximum Gasteiger partial charge on any atom is 0.134 e. The first-order chi connectivity index (χ1) is 9.25. The smallest absolute Gasteiger partial charge is 0.134 e. The molecule has 1 aliphatic carbocycles. The minimum absolute atomic E-state index is 0.179. The summed E-state index contributed by atoms with van der Waals surface area (Å²) in [6, 6.07) is 6.17. The first kappa shape index (κ1) is 13.2. The van der Waals surface area contributed by atoms with Gasteiger partial charge >= 0.3 is 0 Å². The lowest BCUT2D eigenvalue weighted by Crippen LogP contribution is -2.47. The number of piperazine rings is 1. The molecule has 1 aromatic carbocycles. The molecule has 0 spiro atoms. The minimum Gasteiger partial charge on any atom is -0.506 e. The van der Waals surface area contributed by atoms with Crippen molar-refractivity contribution in [1.29, 1.82) is 0 Å². The summed E-state index contributed by atoms with van der Waals surface area (Å²) in [6.45, 7) is 4.32. The number of aromatic hydroxyl groups is 1. The summed E-state index contributed by atoms with van der Waals surface area (Å²) < 4.78 is 0. The van der Waals surface area contributed by atoms with Gasteiger partial charge in [-0.25, -0.2) is 0 Å². The minimum atomic E-state index is 0.179. The Hall–Kier alpha value is -0.770. The highest BCUT2D eigenvalue weighted by molar-refractivity contribution is 6.32. The van der Waals surface area contributed by atoms with Crippen LogP contribution in [0.25, 0.3) is 0 Å². The Labute approximate surface area is 119 Å². The van der Waals surface area contributed by atoms with Gasteiger partial charge in [0.05, 0.1) is 5.02 Å². The number of halogens is 1. The number of rotatable bonds is 3. The molecule has 0 amide bonds. The molecule has 1 saturated carbocycles. The molecular formula is C15H21ClN2O. The molecule has 0 radical (unpaired) electrons. The van der Waals surface area contributed by atoms with E-state index in [2.05, 4.69) is 10.2 Å². The molecule has 0 aromatic heterocycles. The van der Waals surface area contributed by atoms with E-state index >= 15 is 0 Å². The van der Waals surface area contributed by atoms with Crippen molar-refractivity contribution in [3.8, 4) is 5.75 Å². The van der Waals surface area contributed by atoms with E-state index in [1.165, 1.54) is 24.8 Å². The summed E-state index contributed by atoms with van der Waals surface area (Å²) in [5.41, 5.74) is 1.26. The fraction of sp³-hybridized carbons (Fsp3) is 0.600. The van der Waals surface area contributed by atoms with E-state index in [0.717, 1.165) is 32.1 Å². The van der Waals surface area contributed by atoms with E-state index < -0.39 is 0 Å². The Morgan fingerprint density at radius 3 is 2.58 bits per heavy atom. The van der Waals surface area contributed by atoms with E-state index in [-0.39, 0.29) is 5.75 Å². The Kier molecular flexibility index (Phi) is 3.96. The van der Waals surface area contributed by atoms with Crippen molar-refractivity contribution in [3.05, 3.63) is 28.8 Å². The Balaban J connectivity index is 1.86. The average molecular weight is 281 g/mol. The molecule has 0 bridgehead atoms. The Morgan fingerprint density at radius 1 is 1.26 bits per heavy atom. The second kappa shape index (κ2) is 5.70. The molecule has 1 aromatic rings. The van der Waals surface area contributed by atoms with E-state index in [4.69, 9.17) is 11.6 Å². The molecule has 1 heterocycles. The van der Waals surface area contributed by atoms with Crippen LogP contribution >= 0.6 is 11.6 Å². The summed E-state index contributed by atoms with van der Waals surface area (Å²) in [7, 11) is 0. The van der Waals surface area contributed by atoms with E-state index in [0.29, 0.717) is 11.1 Å². The normalized spacial score (nSPS) is 23.0. The first-order valence-electron chi connectivity index (χ1n) is 7.19. The monoisotopic (exact) mass is 280 g/mol. The number of hydrogen-bond acceptors (Lipinski definition) is 3. The molecule has 1 atom stereocenters. The number of nitrogens with zero attached hydrogens (tertiary/aromatic N) is 1. The number of benzene rings is 1. The van der Waals surface area contributed by atoms with Crippen LogP contribution in [0.2, 0.25) is 5.02 Å². The molecular weight excluding hydrogens is 260 g/mol. The van der Waals surface area contributed by atoms with Crippen LogP contribution in [0.4, 0.5) is 0 Å². The SMILES string of the molecule is Oc1ccc([C@H](C2CCC2)N2CCNCC2)cc1Cl. The van der Waals surface area contributed by atoms with Crippen molar-refractivity contribution in [2.45, 2.75) is 25.3 Å². The van der Waals surface area contributed by atoms with Gasteiger partial charge in [-0.15, -0.1) is 0 Å². The summed E-state index contributed by atoms with van der Waals surface area (Å²) in [5, 5.41) is 13.5. The standard InChI is InChI=1S/C15H21ClN2O/c16-13-10-12(4-5-14(13)19)15(11-2-1-3-11)18-8-6-17-7-9-18/h4-5,10-11,15,17,19H,1-3,6-9H2/t15-/m0/s1. The van der Waals surface area contributed by atoms with Crippen LogP contribution in [0.1, 0.15) is 30.9 Å². The fourth-order valence-electron chi connectivity index (χ4n) is 3.20. The maximum atomic E-state index is 9.59. The lowest BCUT2D eigenvalue weighted by molar-refractivity contribution is 0.0837. The van der Waals surface area contributed by atoms with Gasteiger partial charge in [0.15, 0.2) is 0 Å². The third kappa shape index (κ3) is 2.73. The fourth-order valence-corrected chi connectivity index (χ4v) is 3.39. The van der Waals surface area contributed by atoms with E-state index in [1.807, 2.05) is 12.1 Å². The van der Waals surface area contributed by atoms with Gasteiger partial charge in [-0.05, 0) is 36.5 Å². The number of phenols is 1. The van der Waals surface area contributed by atoms with Crippen LogP contribution in [0.5, 0.6) is 5.75 Å². The molecule has 104 valence electrons. The highest BCUT2D eigenvalue weighted by atomic mass is 35.5. The van der Waals surface area contributed by atoms with Gasteiger partial charge in [-0.1, -0.05) is 24.1 Å². The summed E-state index contributed by atoms with van der Waals surface area (Å²) in [4.78, 5) is 2.57. The molecule has 3 rings (SSSR count). The highest BCUT2D eigenvalue weighted by Crippen LogP contribution is 2.42. The molecule has 4 heteroatoms. The van der Waals surface area contributed by atoms with E-state index in [1.54, 1.807) is 6.07 Å². The van der Waals surface area contributed by atoms with Crippen LogP contribution < -0.4 is 5.32 Å². The third-order valence-electron chi connectivity index (χ3n) is 4.45. The van der Waals surface area contributed by atoms with Crippen molar-refractivity contribution in [2.75, 3.05) is 26.2 Å². The molecule has 2 aliphatic rings. The number of phenolic OH excluding ortho intramolecular Hbond substituents is 1. The van der Waals surface area contributed by atoms with Crippen molar-refractivity contribution in [1.82, 2.24) is 10.2 Å². The zero-order valence-corrected chi connectivity index (χ0v) is 11.9. The Morgan fingerprint density at radius 2 is 2.00 bits per heavy atom. The lowest BCUT2D eigenvalue weighted by Gasteiger charge is -2.43. The van der Waals surface area contributed by atoms with Crippen LogP contribution in [0, 0.1) is 5.92 Å². The maximum absolute atomic E-state index is 9.59. The zero-order chi connectivity index (χ0) is 13.2. The van der Waals surface area contributed by atoms with Gasteiger partial charge in [0.25, 0.3) is 0 Å². The van der Waals surface area contributed by atoms with Gasteiger partial charge in [-0.2, -0.15) is 0 Å². The summed E-state index contributed by atoms with van der Waals surface area (Å²) >= 11 is 6.08. The zero-order valence-electron chi connectivity index (χ0n) is 11.1. The van der Waals surface area contributed by atoms with Gasteiger partial charge in [0.2, 0.25) is 0 Å². The van der Waals surface area contributed by atoms with Gasteiger partial charge in [0, 0.05) is 32.2 Å². The predicted octanol–water partition coefficient (Wildman–Crippen LogP) is 2.79. The van der Waals surface area contributed by atoms with Crippen molar-refractivity contribution < 1.29 is 5.11 Å². The number of nitrogens with one attached hydrogen (secondary N) is 1. The molecule has 3 nitrogen and oxygen atoms in total. The summed E-state index contributed by atoms with van der Waals surface area (Å²) in [5.74, 6) is 0.928. The van der Waals surface area contributed by atoms with Crippen molar-refractivity contribution in [2.24, 2.45) is 5.92 Å². The van der Waals surface area contributed by atoms with E-state index in [9.17, 15) is 5.11 Å². The molecule has 2 fully saturated rings. The van der Waals surface area contributed by atoms with Crippen LogP contribution in [0.3, 0.4) is 0 Å². The molecule has 2 N–H and O–H groups in total. The van der Waals surface area contributed by atoms with Gasteiger partial charge < -0.3 is 10.4 Å². The second-order valence-electron chi connectivity index (χ2n) is 5.63. The quantitative estimate of drug-likeness (QED) is 0.894. The molecule has 1 saturated heterocycles. The van der Waals surface area contributed by atoms with Gasteiger partial charge in [-0.3, -0.25) is 4.90 Å². The highest BCUT2D eigenvalue weighted by Gasteiger charge is 2.33.